The first-order chi connectivity index (χ1) is 27.6. The SMILES string of the molecule is N=C1N=C([O-])C2=NC[NH+](c3ccccc3C3CCOC4(CCCCC4)C4OC(Oc5c3cc3c(c5OCCO)C(=O)c5ccccc5C3=O)C(O)C(O)C4O)C2=N1. The lowest BCUT2D eigenvalue weighted by atomic mass is 9.76. The number of nitrogens with zero attached hydrogens (tertiary/aromatic N) is 3. The van der Waals surface area contributed by atoms with E-state index in [9.17, 15) is 35.1 Å². The minimum Gasteiger partial charge on any atom is -0.857 e. The minimum atomic E-state index is -1.77. The molecule has 4 heterocycles. The fourth-order valence-corrected chi connectivity index (χ4v) is 9.21. The van der Waals surface area contributed by atoms with Gasteiger partial charge in [0, 0.05) is 46.2 Å². The van der Waals surface area contributed by atoms with Crippen molar-refractivity contribution in [1.82, 2.24) is 0 Å². The fourth-order valence-electron chi connectivity index (χ4n) is 9.21. The maximum atomic E-state index is 14.4. The molecule has 9 rings (SSSR count). The van der Waals surface area contributed by atoms with E-state index in [1.165, 1.54) is 0 Å². The first-order valence-corrected chi connectivity index (χ1v) is 19.2. The molecule has 3 aromatic carbocycles. The molecule has 1 saturated carbocycles. The van der Waals surface area contributed by atoms with E-state index in [1.807, 2.05) is 24.3 Å². The van der Waals surface area contributed by atoms with E-state index in [0.717, 1.165) is 19.3 Å². The Hall–Kier alpha value is -5.20. The van der Waals surface area contributed by atoms with Crippen LogP contribution in [0.4, 0.5) is 5.69 Å². The maximum Gasteiger partial charge on any atom is 0.262 e. The van der Waals surface area contributed by atoms with E-state index < -0.39 is 72.3 Å². The molecule has 7 unspecified atom stereocenters. The van der Waals surface area contributed by atoms with Crippen LogP contribution in [0.1, 0.15) is 87.4 Å². The summed E-state index contributed by atoms with van der Waals surface area (Å²) in [5.74, 6) is -2.79. The van der Waals surface area contributed by atoms with E-state index in [4.69, 9.17) is 24.4 Å². The van der Waals surface area contributed by atoms with Crippen LogP contribution in [-0.2, 0) is 9.47 Å². The highest BCUT2D eigenvalue weighted by Gasteiger charge is 2.55. The smallest absolute Gasteiger partial charge is 0.262 e. The average molecular weight is 780 g/mol. The number of para-hydroxylation sites is 1. The Balaban J connectivity index is 1.28. The Labute approximate surface area is 326 Å². The van der Waals surface area contributed by atoms with Crippen molar-refractivity contribution in [1.29, 1.82) is 5.41 Å². The number of hydrogen-bond acceptors (Lipinski definition) is 13. The van der Waals surface area contributed by atoms with Crippen LogP contribution >= 0.6 is 0 Å². The van der Waals surface area contributed by atoms with Gasteiger partial charge in [0.15, 0.2) is 35.4 Å². The molecule has 16 nitrogen and oxygen atoms in total. The predicted octanol–water partition coefficient (Wildman–Crippen LogP) is 0.309. The highest BCUT2D eigenvalue weighted by atomic mass is 16.7. The van der Waals surface area contributed by atoms with Crippen molar-refractivity contribution >= 4 is 40.7 Å². The highest BCUT2D eigenvalue weighted by Crippen LogP contribution is 2.50. The van der Waals surface area contributed by atoms with Crippen LogP contribution in [0.15, 0.2) is 69.6 Å². The van der Waals surface area contributed by atoms with Crippen LogP contribution in [0.3, 0.4) is 0 Å². The molecule has 3 aromatic rings. The van der Waals surface area contributed by atoms with Crippen molar-refractivity contribution in [2.75, 3.05) is 26.5 Å². The number of ketones is 2. The first kappa shape index (κ1) is 37.4. The Morgan fingerprint density at radius 2 is 1.65 bits per heavy atom. The number of benzene rings is 3. The van der Waals surface area contributed by atoms with E-state index in [1.54, 1.807) is 30.3 Å². The van der Waals surface area contributed by atoms with Gasteiger partial charge in [-0.05, 0) is 31.4 Å². The molecule has 0 amide bonds. The zero-order valence-electron chi connectivity index (χ0n) is 30.7. The van der Waals surface area contributed by atoms with Gasteiger partial charge >= 0.3 is 0 Å². The molecule has 2 bridgehead atoms. The molecule has 1 saturated heterocycles. The number of aliphatic hydroxyl groups excluding tert-OH is 4. The number of nitrogens with one attached hydrogen (secondary N) is 2. The van der Waals surface area contributed by atoms with E-state index in [0.29, 0.717) is 34.6 Å². The second kappa shape index (κ2) is 14.6. The van der Waals surface area contributed by atoms with Crippen LogP contribution in [0.2, 0.25) is 0 Å². The van der Waals surface area contributed by atoms with Gasteiger partial charge in [0.25, 0.3) is 5.84 Å². The molecule has 1 spiro atoms. The van der Waals surface area contributed by atoms with Gasteiger partial charge in [0.1, 0.15) is 36.7 Å². The van der Waals surface area contributed by atoms with Gasteiger partial charge in [-0.2, -0.15) is 4.99 Å². The predicted molar refractivity (Wildman–Crippen MR) is 200 cm³/mol. The molecular weight excluding hydrogens is 738 g/mol. The normalized spacial score (nSPS) is 29.1. The van der Waals surface area contributed by atoms with Crippen LogP contribution < -0.4 is 19.5 Å². The van der Waals surface area contributed by atoms with Crippen molar-refractivity contribution in [2.45, 2.75) is 80.7 Å². The van der Waals surface area contributed by atoms with Crippen LogP contribution in [0.5, 0.6) is 11.5 Å². The van der Waals surface area contributed by atoms with Crippen LogP contribution in [0.25, 0.3) is 0 Å². The first-order valence-electron chi connectivity index (χ1n) is 19.2. The number of quaternary nitrogens is 1. The minimum absolute atomic E-state index is 0.0332. The molecule has 0 aromatic heterocycles. The summed E-state index contributed by atoms with van der Waals surface area (Å²) in [5, 5.41) is 65.2. The third kappa shape index (κ3) is 6.10. The molecule has 6 N–H and O–H groups in total. The standard InChI is InChI=1S/C41H41N5O11/c42-40-44-37-28(38(53)45-40)43-19-46(37)26-11-5-4-8-21(26)20-12-16-55-41(13-6-1-7-14-41)36-32(51)31(50)33(52)39(57-36)56-34-24(20)18-25-27(35(34)54-17-15-47)30(49)23-10-3-2-9-22(23)29(25)48/h2-5,8-11,18,20,31-33,36,39,47,50-52H,1,6-7,12-17,19H2,(H2,42,45,53). The summed E-state index contributed by atoms with van der Waals surface area (Å²) >= 11 is 0. The summed E-state index contributed by atoms with van der Waals surface area (Å²) in [4.78, 5) is 41.8. The number of carbonyl (C=O) groups is 2. The lowest BCUT2D eigenvalue weighted by Gasteiger charge is -2.50. The van der Waals surface area contributed by atoms with E-state index in [-0.39, 0.29) is 71.6 Å². The van der Waals surface area contributed by atoms with Crippen LogP contribution in [-0.4, -0.2) is 118 Å². The summed E-state index contributed by atoms with van der Waals surface area (Å²) in [6.45, 7) is -0.594. The molecule has 7 atom stereocenters. The number of aliphatic imine (C=N–C) groups is 3. The molecule has 4 aliphatic heterocycles. The molecule has 2 aliphatic carbocycles. The van der Waals surface area contributed by atoms with Gasteiger partial charge in [0.05, 0.1) is 17.8 Å². The summed E-state index contributed by atoms with van der Waals surface area (Å²) in [5.41, 5.74) is 0.925. The monoisotopic (exact) mass is 779 g/mol. The van der Waals surface area contributed by atoms with Crippen molar-refractivity contribution in [3.63, 3.8) is 0 Å². The molecule has 6 aliphatic rings. The second-order valence-corrected chi connectivity index (χ2v) is 15.1. The lowest BCUT2D eigenvalue weighted by molar-refractivity contribution is -0.723. The summed E-state index contributed by atoms with van der Waals surface area (Å²) in [6.07, 6.45) is -4.03. The average Bonchev–Trinajstić information content (AvgIpc) is 3.64. The van der Waals surface area contributed by atoms with Crippen molar-refractivity contribution in [2.24, 2.45) is 15.0 Å². The van der Waals surface area contributed by atoms with Gasteiger partial charge in [-0.25, -0.2) is 14.9 Å². The van der Waals surface area contributed by atoms with Gasteiger partial charge in [-0.15, -0.1) is 0 Å². The fraction of sp³-hybridized carbons (Fsp3) is 0.415. The quantitative estimate of drug-likeness (QED) is 0.161. The van der Waals surface area contributed by atoms with E-state index in [2.05, 4.69) is 15.0 Å². The number of amidine groups is 1. The molecule has 16 heteroatoms. The number of carbonyl (C=O) groups excluding carboxylic acids is 2. The second-order valence-electron chi connectivity index (χ2n) is 15.1. The number of hydrogen-bond donors (Lipinski definition) is 6. The highest BCUT2D eigenvalue weighted by molar-refractivity contribution is 6.66. The number of fused-ring (bicyclic) bond motifs is 7. The van der Waals surface area contributed by atoms with Gasteiger partial charge in [0.2, 0.25) is 12.2 Å². The Morgan fingerprint density at radius 1 is 0.912 bits per heavy atom. The molecule has 2 fully saturated rings. The number of ether oxygens (including phenoxy) is 4. The van der Waals surface area contributed by atoms with Gasteiger partial charge in [-0.3, -0.25) is 15.0 Å². The van der Waals surface area contributed by atoms with Gasteiger partial charge in [-0.1, -0.05) is 61.7 Å². The summed E-state index contributed by atoms with van der Waals surface area (Å²) < 4.78 is 26.1. The largest absolute Gasteiger partial charge is 0.857 e. The zero-order valence-corrected chi connectivity index (χ0v) is 30.7. The molecule has 0 radical (unpaired) electrons. The van der Waals surface area contributed by atoms with E-state index >= 15 is 0 Å². The molecule has 296 valence electrons. The zero-order chi connectivity index (χ0) is 39.6. The molecule has 57 heavy (non-hydrogen) atoms. The number of aliphatic hydroxyl groups is 4. The van der Waals surface area contributed by atoms with Gasteiger partial charge < -0.3 is 44.5 Å². The lowest BCUT2D eigenvalue weighted by Crippen LogP contribution is -3.09. The third-order valence-corrected chi connectivity index (χ3v) is 11.9. The van der Waals surface area contributed by atoms with Crippen molar-refractivity contribution in [3.8, 4) is 11.5 Å². The Bertz CT molecular complexity index is 2270. The Kier molecular flexibility index (Phi) is 9.59. The number of guanidine groups is 1. The van der Waals surface area contributed by atoms with Crippen LogP contribution in [0, 0.1) is 5.41 Å². The maximum absolute atomic E-state index is 14.4. The Morgan fingerprint density at radius 3 is 2.42 bits per heavy atom. The van der Waals surface area contributed by atoms with Crippen molar-refractivity contribution < 1.29 is 59.0 Å². The summed E-state index contributed by atoms with van der Waals surface area (Å²) in [7, 11) is 0. The van der Waals surface area contributed by atoms with Crippen molar-refractivity contribution in [3.05, 3.63) is 88.0 Å². The summed E-state index contributed by atoms with van der Waals surface area (Å²) in [6, 6.07) is 15.4. The molecular formula is C41H41N5O11. The topological polar surface area (TPSA) is 240 Å². The number of rotatable bonds is 5. The third-order valence-electron chi connectivity index (χ3n) is 11.9.